The van der Waals surface area contributed by atoms with Gasteiger partial charge in [-0.2, -0.15) is 0 Å². The van der Waals surface area contributed by atoms with Crippen molar-refractivity contribution in [2.45, 2.75) is 18.2 Å². The maximum Gasteiger partial charge on any atom is 0.262 e. The van der Waals surface area contributed by atoms with E-state index in [4.69, 9.17) is 22.3 Å². The summed E-state index contributed by atoms with van der Waals surface area (Å²) in [7, 11) is 1.33. The number of halogens is 2. The smallest absolute Gasteiger partial charge is 0.262 e. The Balaban J connectivity index is 2.34. The van der Waals surface area contributed by atoms with Crippen LogP contribution in [0.15, 0.2) is 23.1 Å². The molecule has 0 saturated carbocycles. The fraction of sp³-hybridized carbons (Fsp3) is 0.417. The molecule has 0 radical (unpaired) electrons. The molecule has 1 atom stereocenters. The molecule has 1 aliphatic rings. The van der Waals surface area contributed by atoms with Gasteiger partial charge in [-0.25, -0.2) is 8.42 Å². The number of rotatable bonds is 2. The van der Waals surface area contributed by atoms with Crippen molar-refractivity contribution >= 4 is 37.2 Å². The lowest BCUT2D eigenvalue weighted by molar-refractivity contribution is 0.0788. The topological polar surface area (TPSA) is 54.5 Å². The van der Waals surface area contributed by atoms with Gasteiger partial charge in [-0.05, 0) is 30.5 Å². The summed E-state index contributed by atoms with van der Waals surface area (Å²) in [6.45, 7) is 3.44. The zero-order chi connectivity index (χ0) is 14.2. The van der Waals surface area contributed by atoms with E-state index in [9.17, 15) is 13.2 Å². The van der Waals surface area contributed by atoms with Crippen molar-refractivity contribution in [2.75, 3.05) is 13.1 Å². The third-order valence-electron chi connectivity index (χ3n) is 3.15. The highest BCUT2D eigenvalue weighted by Gasteiger charge is 2.25. The minimum Gasteiger partial charge on any atom is -0.338 e. The second-order valence-corrected chi connectivity index (χ2v) is 7.67. The molecule has 0 bridgehead atoms. The molecule has 1 heterocycles. The number of hydrogen-bond donors (Lipinski definition) is 0. The van der Waals surface area contributed by atoms with Crippen LogP contribution in [0.4, 0.5) is 0 Å². The van der Waals surface area contributed by atoms with Crippen molar-refractivity contribution in [1.29, 1.82) is 0 Å². The molecule has 1 fully saturated rings. The van der Waals surface area contributed by atoms with Gasteiger partial charge in [0.1, 0.15) is 4.90 Å². The Labute approximate surface area is 121 Å². The molecule has 1 aromatic rings. The zero-order valence-electron chi connectivity index (χ0n) is 10.3. The molecule has 4 nitrogen and oxygen atoms in total. The van der Waals surface area contributed by atoms with E-state index in [1.807, 2.05) is 0 Å². The first-order chi connectivity index (χ1) is 8.79. The van der Waals surface area contributed by atoms with Gasteiger partial charge in [0.05, 0.1) is 5.02 Å². The van der Waals surface area contributed by atoms with Gasteiger partial charge in [0.25, 0.3) is 15.0 Å². The first-order valence-corrected chi connectivity index (χ1v) is 8.51. The summed E-state index contributed by atoms with van der Waals surface area (Å²) in [5.41, 5.74) is 0.290. The summed E-state index contributed by atoms with van der Waals surface area (Å²) in [6, 6.07) is 4.12. The van der Waals surface area contributed by atoms with Crippen LogP contribution in [-0.2, 0) is 9.05 Å². The molecule has 1 amide bonds. The van der Waals surface area contributed by atoms with E-state index in [1.54, 1.807) is 4.90 Å². The van der Waals surface area contributed by atoms with E-state index in [1.165, 1.54) is 18.2 Å². The van der Waals surface area contributed by atoms with Gasteiger partial charge in [-0.1, -0.05) is 18.5 Å². The van der Waals surface area contributed by atoms with Crippen molar-refractivity contribution in [2.24, 2.45) is 5.92 Å². The average Bonchev–Trinajstić information content (AvgIpc) is 2.74. The van der Waals surface area contributed by atoms with Gasteiger partial charge in [0, 0.05) is 29.3 Å². The zero-order valence-corrected chi connectivity index (χ0v) is 12.6. The second kappa shape index (κ2) is 5.31. The molecular weight excluding hydrogens is 309 g/mol. The molecular formula is C12H13Cl2NO3S. The summed E-state index contributed by atoms with van der Waals surface area (Å²) < 4.78 is 22.7. The number of carbonyl (C=O) groups is 1. The Morgan fingerprint density at radius 1 is 1.42 bits per heavy atom. The summed E-state index contributed by atoms with van der Waals surface area (Å²) in [5.74, 6) is 0.273. The van der Waals surface area contributed by atoms with E-state index >= 15 is 0 Å². The maximum absolute atomic E-state index is 12.2. The quantitative estimate of drug-likeness (QED) is 0.787. The lowest BCUT2D eigenvalue weighted by atomic mass is 10.2. The van der Waals surface area contributed by atoms with Crippen LogP contribution in [0.1, 0.15) is 23.7 Å². The van der Waals surface area contributed by atoms with Crippen LogP contribution in [0.5, 0.6) is 0 Å². The minimum absolute atomic E-state index is 0.0151. The normalized spacial score (nSPS) is 19.7. The fourth-order valence-electron chi connectivity index (χ4n) is 2.13. The maximum atomic E-state index is 12.2. The molecule has 0 aromatic heterocycles. The second-order valence-electron chi connectivity index (χ2n) is 4.73. The molecule has 0 spiro atoms. The van der Waals surface area contributed by atoms with Gasteiger partial charge in [-0.15, -0.1) is 0 Å². The van der Waals surface area contributed by atoms with E-state index in [0.29, 0.717) is 19.0 Å². The van der Waals surface area contributed by atoms with Gasteiger partial charge < -0.3 is 4.90 Å². The molecule has 2 rings (SSSR count). The average molecular weight is 322 g/mol. The van der Waals surface area contributed by atoms with Gasteiger partial charge >= 0.3 is 0 Å². The van der Waals surface area contributed by atoms with Crippen LogP contribution in [0.2, 0.25) is 5.02 Å². The van der Waals surface area contributed by atoms with Gasteiger partial charge in [0.15, 0.2) is 0 Å². The Kier molecular flexibility index (Phi) is 4.08. The largest absolute Gasteiger partial charge is 0.338 e. The lowest BCUT2D eigenvalue weighted by Gasteiger charge is -2.16. The first kappa shape index (κ1) is 14.6. The Bertz CT molecular complexity index is 615. The van der Waals surface area contributed by atoms with Crippen LogP contribution < -0.4 is 0 Å². The SMILES string of the molecule is CC1CCN(C(=O)c2ccc(Cl)c(S(=O)(=O)Cl)c2)C1. The van der Waals surface area contributed by atoms with Crippen molar-refractivity contribution < 1.29 is 13.2 Å². The van der Waals surface area contributed by atoms with E-state index in [0.717, 1.165) is 6.42 Å². The monoisotopic (exact) mass is 321 g/mol. The van der Waals surface area contributed by atoms with Crippen LogP contribution in [0.25, 0.3) is 0 Å². The molecule has 1 aliphatic heterocycles. The Morgan fingerprint density at radius 3 is 2.63 bits per heavy atom. The first-order valence-electron chi connectivity index (χ1n) is 5.82. The third kappa shape index (κ3) is 3.22. The van der Waals surface area contributed by atoms with E-state index in [-0.39, 0.29) is 21.4 Å². The highest BCUT2D eigenvalue weighted by molar-refractivity contribution is 8.13. The summed E-state index contributed by atoms with van der Waals surface area (Å²) in [6.07, 6.45) is 0.958. The molecule has 0 N–H and O–H groups in total. The molecule has 7 heteroatoms. The van der Waals surface area contributed by atoms with E-state index in [2.05, 4.69) is 6.92 Å². The van der Waals surface area contributed by atoms with Crippen molar-refractivity contribution in [1.82, 2.24) is 4.90 Å². The summed E-state index contributed by atoms with van der Waals surface area (Å²) in [4.78, 5) is 13.7. The molecule has 1 saturated heterocycles. The molecule has 19 heavy (non-hydrogen) atoms. The molecule has 1 aromatic carbocycles. The predicted molar refractivity (Wildman–Crippen MR) is 74.2 cm³/mol. The molecule has 104 valence electrons. The Hall–Kier alpha value is -0.780. The molecule has 1 unspecified atom stereocenters. The number of likely N-dealkylation sites (tertiary alicyclic amines) is 1. The number of benzene rings is 1. The fourth-order valence-corrected chi connectivity index (χ4v) is 3.62. The van der Waals surface area contributed by atoms with Crippen LogP contribution >= 0.6 is 22.3 Å². The highest BCUT2D eigenvalue weighted by atomic mass is 35.7. The predicted octanol–water partition coefficient (Wildman–Crippen LogP) is 2.75. The summed E-state index contributed by atoms with van der Waals surface area (Å²) >= 11 is 5.78. The van der Waals surface area contributed by atoms with Crippen molar-refractivity contribution in [3.63, 3.8) is 0 Å². The standard InChI is InChI=1S/C12H13Cl2NO3S/c1-8-4-5-15(7-8)12(16)9-2-3-10(13)11(6-9)19(14,17)18/h2-3,6,8H,4-5,7H2,1H3. The Morgan fingerprint density at radius 2 is 2.11 bits per heavy atom. The molecule has 0 aliphatic carbocycles. The number of amides is 1. The van der Waals surface area contributed by atoms with Crippen molar-refractivity contribution in [3.05, 3.63) is 28.8 Å². The van der Waals surface area contributed by atoms with Crippen molar-refractivity contribution in [3.8, 4) is 0 Å². The third-order valence-corrected chi connectivity index (χ3v) is 4.96. The van der Waals surface area contributed by atoms with Crippen LogP contribution in [-0.4, -0.2) is 32.3 Å². The minimum atomic E-state index is -3.95. The highest BCUT2D eigenvalue weighted by Crippen LogP contribution is 2.27. The summed E-state index contributed by atoms with van der Waals surface area (Å²) in [5, 5.41) is 0.0151. The number of hydrogen-bond acceptors (Lipinski definition) is 3. The number of carbonyl (C=O) groups excluding carboxylic acids is 1. The van der Waals surface area contributed by atoms with Crippen LogP contribution in [0, 0.1) is 5.92 Å². The van der Waals surface area contributed by atoms with E-state index < -0.39 is 9.05 Å². The number of nitrogens with zero attached hydrogens (tertiary/aromatic N) is 1. The van der Waals surface area contributed by atoms with Gasteiger partial charge in [0.2, 0.25) is 0 Å². The van der Waals surface area contributed by atoms with Gasteiger partial charge in [-0.3, -0.25) is 4.79 Å². The lowest BCUT2D eigenvalue weighted by Crippen LogP contribution is -2.28. The van der Waals surface area contributed by atoms with Crippen LogP contribution in [0.3, 0.4) is 0 Å².